The predicted molar refractivity (Wildman–Crippen MR) is 45.4 cm³/mol. The van der Waals surface area contributed by atoms with Gasteiger partial charge in [-0.05, 0) is 0 Å². The van der Waals surface area contributed by atoms with Crippen molar-refractivity contribution in [2.75, 3.05) is 12.4 Å². The molecule has 0 unspecified atom stereocenters. The second kappa shape index (κ2) is 2.52. The van der Waals surface area contributed by atoms with Crippen LogP contribution in [0.2, 0.25) is 0 Å². The molecule has 7 heteroatoms. The van der Waals surface area contributed by atoms with Gasteiger partial charge in [-0.15, -0.1) is 0 Å². The summed E-state index contributed by atoms with van der Waals surface area (Å²) in [7, 11) is 1.68. The minimum absolute atomic E-state index is 0.417. The average Bonchev–Trinajstić information content (AvgIpc) is 2.50. The molecule has 0 aliphatic rings. The summed E-state index contributed by atoms with van der Waals surface area (Å²) in [6.45, 7) is 0. The molecular formula is C5H5N5OS. The smallest absolute Gasteiger partial charge is 0.348 e. The fraction of sp³-hybridized carbons (Fsp3) is 0.200. The molecule has 0 bridgehead atoms. The molecular weight excluding hydrogens is 178 g/mol. The second-order valence-corrected chi connectivity index (χ2v) is 2.63. The monoisotopic (exact) mass is 183 g/mol. The Labute approximate surface area is 71.0 Å². The number of hydrogen-bond acceptors (Lipinski definition) is 6. The molecule has 0 amide bonds. The van der Waals surface area contributed by atoms with Gasteiger partial charge in [-0.2, -0.15) is 13.7 Å². The lowest BCUT2D eigenvalue weighted by molar-refractivity contribution is 1.10. The van der Waals surface area contributed by atoms with Crippen LogP contribution in [0.3, 0.4) is 0 Å². The Bertz CT molecular complexity index is 460. The van der Waals surface area contributed by atoms with Crippen molar-refractivity contribution in [2.24, 2.45) is 0 Å². The molecule has 0 radical (unpaired) electrons. The van der Waals surface area contributed by atoms with E-state index in [4.69, 9.17) is 0 Å². The molecule has 0 spiro atoms. The van der Waals surface area contributed by atoms with Gasteiger partial charge in [0.1, 0.15) is 0 Å². The quantitative estimate of drug-likeness (QED) is 0.640. The third-order valence-electron chi connectivity index (χ3n) is 1.39. The van der Waals surface area contributed by atoms with E-state index in [9.17, 15) is 4.79 Å². The summed E-state index contributed by atoms with van der Waals surface area (Å²) < 4.78 is 7.85. The normalized spacial score (nSPS) is 10.4. The molecule has 62 valence electrons. The zero-order chi connectivity index (χ0) is 8.55. The number of hydrogen-bond donors (Lipinski definition) is 2. The van der Waals surface area contributed by atoms with Gasteiger partial charge in [-0.3, -0.25) is 4.98 Å². The Morgan fingerprint density at radius 2 is 2.33 bits per heavy atom. The summed E-state index contributed by atoms with van der Waals surface area (Å²) >= 11 is 1.04. The molecule has 0 aliphatic heterocycles. The van der Waals surface area contributed by atoms with E-state index in [0.29, 0.717) is 17.0 Å². The van der Waals surface area contributed by atoms with Crippen LogP contribution in [0, 0.1) is 0 Å². The fourth-order valence-corrected chi connectivity index (χ4v) is 1.39. The van der Waals surface area contributed by atoms with Crippen molar-refractivity contribution in [3.05, 3.63) is 10.5 Å². The molecule has 12 heavy (non-hydrogen) atoms. The molecule has 2 rings (SSSR count). The summed E-state index contributed by atoms with van der Waals surface area (Å²) in [4.78, 5) is 17.0. The van der Waals surface area contributed by atoms with E-state index < -0.39 is 5.69 Å². The van der Waals surface area contributed by atoms with Gasteiger partial charge in [-0.25, -0.2) is 4.79 Å². The largest absolute Gasteiger partial charge is 0.371 e. The van der Waals surface area contributed by atoms with Crippen molar-refractivity contribution < 1.29 is 0 Å². The van der Waals surface area contributed by atoms with E-state index >= 15 is 0 Å². The standard InChI is InChI=1S/C5H5N5OS/c1-6-3-2-4(10-12-9-2)8-5(11)7-3/h1H3,(H2,6,7,8,10,11). The zero-order valence-corrected chi connectivity index (χ0v) is 6.97. The van der Waals surface area contributed by atoms with Gasteiger partial charge in [0, 0.05) is 7.05 Å². The van der Waals surface area contributed by atoms with Crippen molar-refractivity contribution in [1.29, 1.82) is 0 Å². The van der Waals surface area contributed by atoms with Crippen LogP contribution in [0.1, 0.15) is 0 Å². The van der Waals surface area contributed by atoms with Gasteiger partial charge in [0.2, 0.25) is 0 Å². The van der Waals surface area contributed by atoms with E-state index in [1.807, 2.05) is 0 Å². The lowest BCUT2D eigenvalue weighted by atomic mass is 10.5. The Morgan fingerprint density at radius 3 is 3.08 bits per heavy atom. The average molecular weight is 183 g/mol. The number of aromatic nitrogens is 4. The molecule has 2 N–H and O–H groups in total. The highest BCUT2D eigenvalue weighted by molar-refractivity contribution is 7.00. The predicted octanol–water partition coefficient (Wildman–Crippen LogP) is -0.184. The number of nitrogens with zero attached hydrogens (tertiary/aromatic N) is 3. The summed E-state index contributed by atoms with van der Waals surface area (Å²) in [6, 6.07) is 0. The Hall–Kier alpha value is -1.50. The molecule has 0 aliphatic carbocycles. The zero-order valence-electron chi connectivity index (χ0n) is 6.16. The van der Waals surface area contributed by atoms with Crippen LogP contribution >= 0.6 is 11.7 Å². The molecule has 0 saturated heterocycles. The minimum atomic E-state index is -0.417. The minimum Gasteiger partial charge on any atom is -0.371 e. The maximum Gasteiger partial charge on any atom is 0.348 e. The third kappa shape index (κ3) is 0.944. The van der Waals surface area contributed by atoms with E-state index in [1.165, 1.54) is 0 Å². The van der Waals surface area contributed by atoms with Crippen LogP contribution in [-0.4, -0.2) is 25.8 Å². The Balaban J connectivity index is 2.89. The number of nitrogens with one attached hydrogen (secondary N) is 2. The lowest BCUT2D eigenvalue weighted by Crippen LogP contribution is -2.12. The summed E-state index contributed by atoms with van der Waals surface area (Å²) in [6.07, 6.45) is 0. The number of anilines is 1. The second-order valence-electron chi connectivity index (χ2n) is 2.10. The van der Waals surface area contributed by atoms with Crippen LogP contribution in [0.4, 0.5) is 5.82 Å². The summed E-state index contributed by atoms with van der Waals surface area (Å²) in [5, 5.41) is 2.77. The van der Waals surface area contributed by atoms with Crippen LogP contribution in [0.25, 0.3) is 11.2 Å². The maximum atomic E-state index is 10.9. The van der Waals surface area contributed by atoms with Crippen LogP contribution in [-0.2, 0) is 0 Å². The topological polar surface area (TPSA) is 83.6 Å². The maximum absolute atomic E-state index is 10.9. The Kier molecular flexibility index (Phi) is 1.51. The molecule has 0 saturated carbocycles. The molecule has 2 aromatic heterocycles. The molecule has 2 heterocycles. The van der Waals surface area contributed by atoms with Crippen molar-refractivity contribution in [2.45, 2.75) is 0 Å². The molecule has 6 nitrogen and oxygen atoms in total. The van der Waals surface area contributed by atoms with Crippen molar-refractivity contribution in [1.82, 2.24) is 18.7 Å². The highest BCUT2D eigenvalue weighted by atomic mass is 32.1. The first-order chi connectivity index (χ1) is 5.81. The number of rotatable bonds is 1. The molecule has 2 aromatic rings. The van der Waals surface area contributed by atoms with Gasteiger partial charge >= 0.3 is 5.69 Å². The summed E-state index contributed by atoms with van der Waals surface area (Å²) in [5.41, 5.74) is 0.658. The Morgan fingerprint density at radius 1 is 1.50 bits per heavy atom. The van der Waals surface area contributed by atoms with E-state index in [1.54, 1.807) is 7.05 Å². The first-order valence-electron chi connectivity index (χ1n) is 3.21. The summed E-state index contributed by atoms with van der Waals surface area (Å²) in [5.74, 6) is 0.461. The first-order valence-corrected chi connectivity index (χ1v) is 3.94. The van der Waals surface area contributed by atoms with Gasteiger partial charge in [0.25, 0.3) is 0 Å². The van der Waals surface area contributed by atoms with Gasteiger partial charge in [0.15, 0.2) is 17.0 Å². The van der Waals surface area contributed by atoms with E-state index in [-0.39, 0.29) is 0 Å². The number of fused-ring (bicyclic) bond motifs is 1. The fourth-order valence-electron chi connectivity index (χ4n) is 0.884. The van der Waals surface area contributed by atoms with Crippen LogP contribution < -0.4 is 11.0 Å². The van der Waals surface area contributed by atoms with Crippen molar-refractivity contribution in [3.63, 3.8) is 0 Å². The lowest BCUT2D eigenvalue weighted by Gasteiger charge is -1.95. The number of aromatic amines is 1. The van der Waals surface area contributed by atoms with Crippen LogP contribution in [0.5, 0.6) is 0 Å². The molecule has 0 aromatic carbocycles. The van der Waals surface area contributed by atoms with E-state index in [0.717, 1.165) is 11.7 Å². The third-order valence-corrected chi connectivity index (χ3v) is 1.92. The highest BCUT2D eigenvalue weighted by Crippen LogP contribution is 2.13. The van der Waals surface area contributed by atoms with Crippen molar-refractivity contribution >= 4 is 28.7 Å². The SMILES string of the molecule is CNc1nc(=O)[nH]c2nsnc12. The van der Waals surface area contributed by atoms with Gasteiger partial charge in [0.05, 0.1) is 11.7 Å². The van der Waals surface area contributed by atoms with Crippen molar-refractivity contribution in [3.8, 4) is 0 Å². The van der Waals surface area contributed by atoms with Gasteiger partial charge < -0.3 is 5.32 Å². The van der Waals surface area contributed by atoms with E-state index in [2.05, 4.69) is 24.0 Å². The van der Waals surface area contributed by atoms with Crippen LogP contribution in [0.15, 0.2) is 4.79 Å². The highest BCUT2D eigenvalue weighted by Gasteiger charge is 2.06. The molecule has 0 atom stereocenters. The van der Waals surface area contributed by atoms with Gasteiger partial charge in [-0.1, -0.05) is 0 Å². The number of H-pyrrole nitrogens is 1. The first kappa shape index (κ1) is 7.17. The molecule has 0 fully saturated rings.